The maximum Gasteiger partial charge on any atom is 0.173 e. The Kier molecular flexibility index (Phi) is 4.74. The maximum atomic E-state index is 12.0. The fraction of sp³-hybridized carbons (Fsp3) is 0.176. The van der Waals surface area contributed by atoms with Crippen molar-refractivity contribution in [2.75, 3.05) is 5.75 Å². The molecule has 0 aliphatic rings. The van der Waals surface area contributed by atoms with Crippen molar-refractivity contribution in [3.05, 3.63) is 65.2 Å². The standard InChI is InChI=1S/C17H16O2S/c1-12-3-5-15(6-4-12)17(19)11-20-16-9-7-14(8-10-16)13(2)18/h3-10H,11H2,1-2H3. The summed E-state index contributed by atoms with van der Waals surface area (Å²) >= 11 is 1.49. The molecule has 2 aromatic carbocycles. The van der Waals surface area contributed by atoms with Crippen LogP contribution in [0.25, 0.3) is 0 Å². The summed E-state index contributed by atoms with van der Waals surface area (Å²) in [4.78, 5) is 24.2. The average molecular weight is 284 g/mol. The molecule has 20 heavy (non-hydrogen) atoms. The van der Waals surface area contributed by atoms with Gasteiger partial charge < -0.3 is 0 Å². The van der Waals surface area contributed by atoms with E-state index in [1.54, 1.807) is 19.1 Å². The summed E-state index contributed by atoms with van der Waals surface area (Å²) < 4.78 is 0. The van der Waals surface area contributed by atoms with E-state index < -0.39 is 0 Å². The highest BCUT2D eigenvalue weighted by Crippen LogP contribution is 2.20. The number of rotatable bonds is 5. The third-order valence-electron chi connectivity index (χ3n) is 3.00. The Morgan fingerprint density at radius 2 is 1.45 bits per heavy atom. The lowest BCUT2D eigenvalue weighted by molar-refractivity contribution is 0.101. The Morgan fingerprint density at radius 1 is 0.900 bits per heavy atom. The predicted molar refractivity (Wildman–Crippen MR) is 82.7 cm³/mol. The van der Waals surface area contributed by atoms with Crippen LogP contribution >= 0.6 is 11.8 Å². The molecule has 0 N–H and O–H groups in total. The molecular formula is C17H16O2S. The van der Waals surface area contributed by atoms with Gasteiger partial charge in [-0.15, -0.1) is 11.8 Å². The van der Waals surface area contributed by atoms with E-state index in [1.165, 1.54) is 11.8 Å². The van der Waals surface area contributed by atoms with Crippen LogP contribution in [0, 0.1) is 6.92 Å². The largest absolute Gasteiger partial charge is 0.295 e. The quantitative estimate of drug-likeness (QED) is 0.610. The number of benzene rings is 2. The Morgan fingerprint density at radius 3 is 2.00 bits per heavy atom. The molecule has 0 aliphatic carbocycles. The maximum absolute atomic E-state index is 12.0. The second-order valence-corrected chi connectivity index (χ2v) is 5.71. The number of carbonyl (C=O) groups is 2. The van der Waals surface area contributed by atoms with Crippen molar-refractivity contribution in [3.8, 4) is 0 Å². The zero-order valence-electron chi connectivity index (χ0n) is 11.6. The average Bonchev–Trinajstić information content (AvgIpc) is 2.46. The first-order valence-electron chi connectivity index (χ1n) is 6.40. The molecule has 2 aromatic rings. The number of Topliss-reactive ketones (excluding diaryl/α,β-unsaturated/α-hetero) is 2. The van der Waals surface area contributed by atoms with Gasteiger partial charge >= 0.3 is 0 Å². The lowest BCUT2D eigenvalue weighted by Gasteiger charge is -2.03. The molecule has 0 aliphatic heterocycles. The third kappa shape index (κ3) is 3.81. The van der Waals surface area contributed by atoms with E-state index in [9.17, 15) is 9.59 Å². The molecule has 0 saturated carbocycles. The van der Waals surface area contributed by atoms with Crippen LogP contribution in [0.1, 0.15) is 33.2 Å². The molecule has 0 fully saturated rings. The smallest absolute Gasteiger partial charge is 0.173 e. The molecule has 0 amide bonds. The van der Waals surface area contributed by atoms with Gasteiger partial charge in [-0.25, -0.2) is 0 Å². The SMILES string of the molecule is CC(=O)c1ccc(SCC(=O)c2ccc(C)cc2)cc1. The monoisotopic (exact) mass is 284 g/mol. The van der Waals surface area contributed by atoms with Gasteiger partial charge in [0.15, 0.2) is 11.6 Å². The molecule has 0 spiro atoms. The van der Waals surface area contributed by atoms with Crippen molar-refractivity contribution >= 4 is 23.3 Å². The van der Waals surface area contributed by atoms with Crippen LogP contribution in [0.4, 0.5) is 0 Å². The second-order valence-electron chi connectivity index (χ2n) is 4.66. The van der Waals surface area contributed by atoms with Gasteiger partial charge in [0.25, 0.3) is 0 Å². The molecule has 2 nitrogen and oxygen atoms in total. The number of carbonyl (C=O) groups excluding carboxylic acids is 2. The van der Waals surface area contributed by atoms with Crippen LogP contribution in [-0.4, -0.2) is 17.3 Å². The highest BCUT2D eigenvalue weighted by molar-refractivity contribution is 8.00. The Bertz CT molecular complexity index is 612. The highest BCUT2D eigenvalue weighted by atomic mass is 32.2. The molecule has 2 rings (SSSR count). The zero-order chi connectivity index (χ0) is 14.5. The molecule has 102 valence electrons. The molecule has 0 bridgehead atoms. The van der Waals surface area contributed by atoms with Gasteiger partial charge in [0.2, 0.25) is 0 Å². The van der Waals surface area contributed by atoms with Crippen molar-refractivity contribution < 1.29 is 9.59 Å². The minimum absolute atomic E-state index is 0.0530. The van der Waals surface area contributed by atoms with Gasteiger partial charge in [-0.3, -0.25) is 9.59 Å². The summed E-state index contributed by atoms with van der Waals surface area (Å²) in [6.45, 7) is 3.54. The topological polar surface area (TPSA) is 34.1 Å². The van der Waals surface area contributed by atoms with Crippen molar-refractivity contribution in [2.45, 2.75) is 18.7 Å². The third-order valence-corrected chi connectivity index (χ3v) is 4.02. The Labute approximate surface area is 123 Å². The first kappa shape index (κ1) is 14.5. The number of hydrogen-bond acceptors (Lipinski definition) is 3. The summed E-state index contributed by atoms with van der Waals surface area (Å²) in [7, 11) is 0. The molecule has 0 unspecified atom stereocenters. The van der Waals surface area contributed by atoms with Crippen LogP contribution in [0.15, 0.2) is 53.4 Å². The van der Waals surface area contributed by atoms with Crippen molar-refractivity contribution in [3.63, 3.8) is 0 Å². The summed E-state index contributed by atoms with van der Waals surface area (Å²) in [5.74, 6) is 0.575. The second kappa shape index (κ2) is 6.53. The van der Waals surface area contributed by atoms with Crippen LogP contribution in [0.2, 0.25) is 0 Å². The van der Waals surface area contributed by atoms with E-state index >= 15 is 0 Å². The summed E-state index contributed by atoms with van der Waals surface area (Å²) in [5.41, 5.74) is 2.58. The molecule has 3 heteroatoms. The fourth-order valence-corrected chi connectivity index (χ4v) is 2.55. The number of ketones is 2. The Balaban J connectivity index is 1.96. The zero-order valence-corrected chi connectivity index (χ0v) is 12.4. The van der Waals surface area contributed by atoms with Gasteiger partial charge in [-0.2, -0.15) is 0 Å². The van der Waals surface area contributed by atoms with E-state index in [0.29, 0.717) is 11.3 Å². The lowest BCUT2D eigenvalue weighted by Crippen LogP contribution is -2.02. The van der Waals surface area contributed by atoms with Crippen molar-refractivity contribution in [1.82, 2.24) is 0 Å². The van der Waals surface area contributed by atoms with E-state index in [-0.39, 0.29) is 11.6 Å². The molecule has 0 saturated heterocycles. The minimum Gasteiger partial charge on any atom is -0.295 e. The van der Waals surface area contributed by atoms with E-state index in [2.05, 4.69) is 0 Å². The van der Waals surface area contributed by atoms with Gasteiger partial charge in [-0.1, -0.05) is 42.0 Å². The van der Waals surface area contributed by atoms with Crippen LogP contribution in [-0.2, 0) is 0 Å². The normalized spacial score (nSPS) is 10.3. The lowest BCUT2D eigenvalue weighted by atomic mass is 10.1. The van der Waals surface area contributed by atoms with Crippen LogP contribution < -0.4 is 0 Å². The number of thioether (sulfide) groups is 1. The Hall–Kier alpha value is -1.87. The molecule has 0 radical (unpaired) electrons. The summed E-state index contributed by atoms with van der Waals surface area (Å²) in [5, 5.41) is 0. The van der Waals surface area contributed by atoms with E-state index in [4.69, 9.17) is 0 Å². The van der Waals surface area contributed by atoms with Gasteiger partial charge in [-0.05, 0) is 26.0 Å². The minimum atomic E-state index is 0.0530. The first-order valence-corrected chi connectivity index (χ1v) is 7.38. The van der Waals surface area contributed by atoms with Crippen molar-refractivity contribution in [1.29, 1.82) is 0 Å². The first-order chi connectivity index (χ1) is 9.56. The fourth-order valence-electron chi connectivity index (χ4n) is 1.76. The van der Waals surface area contributed by atoms with E-state index in [1.807, 2.05) is 43.3 Å². The highest BCUT2D eigenvalue weighted by Gasteiger charge is 2.06. The molecule has 0 heterocycles. The summed E-state index contributed by atoms with van der Waals surface area (Å²) in [6, 6.07) is 14.9. The van der Waals surface area contributed by atoms with Gasteiger partial charge in [0.05, 0.1) is 5.75 Å². The van der Waals surface area contributed by atoms with Crippen molar-refractivity contribution in [2.24, 2.45) is 0 Å². The van der Waals surface area contributed by atoms with Crippen LogP contribution in [0.5, 0.6) is 0 Å². The molecule has 0 atom stereocenters. The van der Waals surface area contributed by atoms with Crippen LogP contribution in [0.3, 0.4) is 0 Å². The predicted octanol–water partition coefficient (Wildman–Crippen LogP) is 4.17. The van der Waals surface area contributed by atoms with E-state index in [0.717, 1.165) is 16.0 Å². The number of aryl methyl sites for hydroxylation is 1. The summed E-state index contributed by atoms with van der Waals surface area (Å²) in [6.07, 6.45) is 0. The number of hydrogen-bond donors (Lipinski definition) is 0. The molecular weight excluding hydrogens is 268 g/mol. The van der Waals surface area contributed by atoms with Gasteiger partial charge in [0, 0.05) is 16.0 Å². The molecule has 0 aromatic heterocycles. The van der Waals surface area contributed by atoms with Gasteiger partial charge in [0.1, 0.15) is 0 Å².